The van der Waals surface area contributed by atoms with E-state index in [1.165, 1.54) is 6.92 Å². The fourth-order valence-electron chi connectivity index (χ4n) is 2.73. The summed E-state index contributed by atoms with van der Waals surface area (Å²) >= 11 is 0. The number of aliphatic hydroxyl groups is 1. The molecule has 0 bridgehead atoms. The van der Waals surface area contributed by atoms with Crippen LogP contribution >= 0.6 is 0 Å². The predicted molar refractivity (Wildman–Crippen MR) is 115 cm³/mol. The Hall–Kier alpha value is -3.26. The van der Waals surface area contributed by atoms with Crippen LogP contribution in [0, 0.1) is 5.92 Å². The number of rotatable bonds is 15. The van der Waals surface area contributed by atoms with Crippen LogP contribution in [-0.2, 0) is 28.8 Å². The number of carbonyl (C=O) groups is 6. The summed E-state index contributed by atoms with van der Waals surface area (Å²) in [4.78, 5) is 70.9. The van der Waals surface area contributed by atoms with Crippen molar-refractivity contribution in [3.8, 4) is 0 Å². The number of hydrogen-bond acceptors (Lipinski definition) is 8. The number of aliphatic carboxylic acids is 1. The summed E-state index contributed by atoms with van der Waals surface area (Å²) < 4.78 is 0. The van der Waals surface area contributed by atoms with Gasteiger partial charge in [-0.05, 0) is 19.3 Å². The molecule has 0 saturated heterocycles. The van der Waals surface area contributed by atoms with Crippen LogP contribution in [0.4, 0.5) is 0 Å². The summed E-state index contributed by atoms with van der Waals surface area (Å²) in [5, 5.41) is 26.1. The monoisotopic (exact) mass is 474 g/mol. The highest BCUT2D eigenvalue weighted by molar-refractivity contribution is 5.95. The summed E-state index contributed by atoms with van der Waals surface area (Å²) in [6, 6.07) is -5.53. The van der Waals surface area contributed by atoms with E-state index in [2.05, 4.69) is 16.0 Å². The van der Waals surface area contributed by atoms with Gasteiger partial charge in [0.05, 0.1) is 18.6 Å². The minimum atomic E-state index is -1.53. The van der Waals surface area contributed by atoms with E-state index < -0.39 is 78.1 Å². The molecule has 0 radical (unpaired) electrons. The van der Waals surface area contributed by atoms with Crippen LogP contribution in [0.2, 0.25) is 0 Å². The lowest BCUT2D eigenvalue weighted by Gasteiger charge is -2.29. The second-order valence-electron chi connectivity index (χ2n) is 7.78. The number of carboxylic acids is 1. The van der Waals surface area contributed by atoms with Crippen molar-refractivity contribution in [2.45, 2.75) is 76.7 Å². The molecule has 188 valence electrons. The van der Waals surface area contributed by atoms with E-state index in [0.717, 1.165) is 0 Å². The highest BCUT2D eigenvalue weighted by Crippen LogP contribution is 2.10. The average molecular weight is 475 g/mol. The van der Waals surface area contributed by atoms with Crippen LogP contribution in [-0.4, -0.2) is 76.0 Å². The van der Waals surface area contributed by atoms with Gasteiger partial charge in [0.25, 0.3) is 0 Å². The minimum absolute atomic E-state index is 0.248. The molecule has 0 aliphatic carbocycles. The fraction of sp³-hybridized carbons (Fsp3) is 0.684. The van der Waals surface area contributed by atoms with Crippen molar-refractivity contribution in [1.82, 2.24) is 16.0 Å². The second-order valence-corrected chi connectivity index (χ2v) is 7.78. The molecule has 6 unspecified atom stereocenters. The first kappa shape index (κ1) is 29.7. The molecule has 0 fully saturated rings. The van der Waals surface area contributed by atoms with E-state index in [0.29, 0.717) is 6.42 Å². The van der Waals surface area contributed by atoms with Gasteiger partial charge in [0.2, 0.25) is 29.5 Å². The van der Waals surface area contributed by atoms with Crippen LogP contribution in [0.3, 0.4) is 0 Å². The highest BCUT2D eigenvalue weighted by atomic mass is 16.4. The molecular weight excluding hydrogens is 440 g/mol. The third-order valence-electron chi connectivity index (χ3n) is 4.91. The van der Waals surface area contributed by atoms with Gasteiger partial charge in [-0.15, -0.1) is 0 Å². The third-order valence-corrected chi connectivity index (χ3v) is 4.91. The number of nitrogens with one attached hydrogen (secondary N) is 3. The van der Waals surface area contributed by atoms with Gasteiger partial charge in [-0.3, -0.25) is 24.0 Å². The number of primary amides is 2. The molecule has 0 aromatic carbocycles. The predicted octanol–water partition coefficient (Wildman–Crippen LogP) is -3.58. The first-order chi connectivity index (χ1) is 15.2. The maximum absolute atomic E-state index is 12.8. The van der Waals surface area contributed by atoms with Crippen molar-refractivity contribution in [3.63, 3.8) is 0 Å². The zero-order chi connectivity index (χ0) is 25.9. The summed E-state index contributed by atoms with van der Waals surface area (Å²) in [7, 11) is 0. The Kier molecular flexibility index (Phi) is 12.6. The van der Waals surface area contributed by atoms with Crippen molar-refractivity contribution in [1.29, 1.82) is 0 Å². The van der Waals surface area contributed by atoms with E-state index in [1.54, 1.807) is 13.8 Å². The van der Waals surface area contributed by atoms with Gasteiger partial charge in [-0.1, -0.05) is 20.3 Å². The lowest BCUT2D eigenvalue weighted by molar-refractivity contribution is -0.143. The maximum Gasteiger partial charge on any atom is 0.326 e. The molecule has 14 heteroatoms. The van der Waals surface area contributed by atoms with Crippen molar-refractivity contribution in [3.05, 3.63) is 0 Å². The van der Waals surface area contributed by atoms with Crippen LogP contribution in [0.15, 0.2) is 0 Å². The molecule has 0 spiro atoms. The first-order valence-electron chi connectivity index (χ1n) is 10.3. The number of aliphatic hydroxyl groups excluding tert-OH is 1. The molecule has 0 aliphatic heterocycles. The molecule has 14 nitrogen and oxygen atoms in total. The third kappa shape index (κ3) is 10.7. The Labute approximate surface area is 191 Å². The maximum atomic E-state index is 12.8. The Bertz CT molecular complexity index is 744. The van der Waals surface area contributed by atoms with Gasteiger partial charge in [0, 0.05) is 6.42 Å². The molecule has 0 aromatic rings. The van der Waals surface area contributed by atoms with Gasteiger partial charge in [-0.2, -0.15) is 0 Å². The summed E-state index contributed by atoms with van der Waals surface area (Å²) in [5.74, 6) is -6.14. The van der Waals surface area contributed by atoms with Crippen LogP contribution in [0.1, 0.15) is 46.5 Å². The topological polar surface area (TPSA) is 257 Å². The summed E-state index contributed by atoms with van der Waals surface area (Å²) in [6.07, 6.45) is -2.01. The number of nitrogens with two attached hydrogens (primary N) is 3. The smallest absolute Gasteiger partial charge is 0.326 e. The van der Waals surface area contributed by atoms with Gasteiger partial charge in [0.1, 0.15) is 18.1 Å². The Morgan fingerprint density at radius 1 is 0.848 bits per heavy atom. The highest BCUT2D eigenvalue weighted by Gasteiger charge is 2.34. The molecule has 0 saturated carbocycles. The zero-order valence-electron chi connectivity index (χ0n) is 18.9. The van der Waals surface area contributed by atoms with Crippen molar-refractivity contribution >= 4 is 35.5 Å². The second kappa shape index (κ2) is 14.0. The zero-order valence-corrected chi connectivity index (χ0v) is 18.9. The number of amides is 5. The van der Waals surface area contributed by atoms with Gasteiger partial charge in [0.15, 0.2) is 0 Å². The number of carbonyl (C=O) groups excluding carboxylic acids is 5. The first-order valence-corrected chi connectivity index (χ1v) is 10.3. The Balaban J connectivity index is 5.50. The Morgan fingerprint density at radius 3 is 1.79 bits per heavy atom. The normalized spacial score (nSPS) is 16.3. The van der Waals surface area contributed by atoms with E-state index in [-0.39, 0.29) is 12.8 Å². The van der Waals surface area contributed by atoms with E-state index in [9.17, 15) is 39.0 Å². The van der Waals surface area contributed by atoms with Crippen LogP contribution in [0.25, 0.3) is 0 Å². The number of carboxylic acid groups (broad SMARTS) is 1. The Morgan fingerprint density at radius 2 is 1.36 bits per heavy atom. The standard InChI is InChI=1S/C19H34N6O8/c1-4-8(2)14(17(30)23-11(19(32)33)5-6-12(21)27)24-18(31)15(9(3)26)25-16(29)10(20)7-13(22)28/h8-11,14-15,26H,4-7,20H2,1-3H3,(H2,21,27)(H2,22,28)(H,23,30)(H,24,31)(H,25,29)(H,32,33). The molecule has 0 aliphatic rings. The van der Waals surface area contributed by atoms with Crippen LogP contribution in [0.5, 0.6) is 0 Å². The molecule has 33 heavy (non-hydrogen) atoms. The van der Waals surface area contributed by atoms with Crippen molar-refractivity contribution in [2.24, 2.45) is 23.1 Å². The fourth-order valence-corrected chi connectivity index (χ4v) is 2.73. The van der Waals surface area contributed by atoms with Crippen molar-refractivity contribution < 1.29 is 39.0 Å². The lowest BCUT2D eigenvalue weighted by Crippen LogP contribution is -2.61. The van der Waals surface area contributed by atoms with Gasteiger partial charge < -0.3 is 43.4 Å². The lowest BCUT2D eigenvalue weighted by atomic mass is 9.96. The molecule has 0 rings (SSSR count). The SMILES string of the molecule is CCC(C)C(NC(=O)C(NC(=O)C(N)CC(N)=O)C(C)O)C(=O)NC(CCC(N)=O)C(=O)O. The van der Waals surface area contributed by atoms with E-state index in [1.807, 2.05) is 0 Å². The minimum Gasteiger partial charge on any atom is -0.480 e. The quantitative estimate of drug-likeness (QED) is 0.116. The molecule has 5 amide bonds. The average Bonchev–Trinajstić information content (AvgIpc) is 2.70. The van der Waals surface area contributed by atoms with E-state index >= 15 is 0 Å². The molecule has 11 N–H and O–H groups in total. The molecular formula is C19H34N6O8. The van der Waals surface area contributed by atoms with Gasteiger partial charge in [-0.25, -0.2) is 4.79 Å². The molecule has 0 aromatic heterocycles. The largest absolute Gasteiger partial charge is 0.480 e. The van der Waals surface area contributed by atoms with Gasteiger partial charge >= 0.3 is 5.97 Å². The molecule has 0 heterocycles. The number of hydrogen-bond donors (Lipinski definition) is 8. The van der Waals surface area contributed by atoms with E-state index in [4.69, 9.17) is 17.2 Å². The molecule has 6 atom stereocenters. The van der Waals surface area contributed by atoms with Crippen molar-refractivity contribution in [2.75, 3.05) is 0 Å². The van der Waals surface area contributed by atoms with Crippen LogP contribution < -0.4 is 33.2 Å². The summed E-state index contributed by atoms with van der Waals surface area (Å²) in [5.41, 5.74) is 15.6. The summed E-state index contributed by atoms with van der Waals surface area (Å²) in [6.45, 7) is 4.57.